The standard InChI is InChI=1S/C47H59N13O7/c1-26-34(24-54-40(56-26)29-8-11-31(12-9-29)47(3,4)5)42(62)59-36(25-55-46(51)52)45(65)60(6)39-30-10-14-38(67-20-17-50)33(23-30)32-21-28(7-13-37(32)66-19-16-49)22-35(43(63)53-18-15-48)58-41(61)27(2)57-44(39)64/h7-14,21,23-24,27,35-36,39H,16-20,22,25,49-50H2,1-6H3,(H,53,63)(H,57,64)(H,58,61)(H,59,62)(H4,51,52,55)/t27-,35-,36?,39-/m0/s1. The average Bonchev–Trinajstić information content (AvgIpc) is 3.29. The van der Waals surface area contributed by atoms with Crippen molar-refractivity contribution in [3.63, 3.8) is 0 Å². The van der Waals surface area contributed by atoms with E-state index in [0.717, 1.165) is 16.0 Å². The molecule has 0 saturated heterocycles. The molecule has 3 aromatic carbocycles. The number of hydrogen-bond acceptors (Lipinski definition) is 13. The Labute approximate surface area is 389 Å². The Hall–Kier alpha value is -7.63. The zero-order chi connectivity index (χ0) is 49.0. The van der Waals surface area contributed by atoms with Crippen molar-refractivity contribution >= 4 is 35.5 Å². The molecule has 5 amide bonds. The van der Waals surface area contributed by atoms with Crippen LogP contribution in [0.2, 0.25) is 0 Å². The van der Waals surface area contributed by atoms with Crippen molar-refractivity contribution in [1.82, 2.24) is 36.1 Å². The highest BCUT2D eigenvalue weighted by Gasteiger charge is 2.36. The molecule has 67 heavy (non-hydrogen) atoms. The first kappa shape index (κ1) is 50.4. The molecule has 12 N–H and O–H groups in total. The van der Waals surface area contributed by atoms with Gasteiger partial charge < -0.3 is 58.6 Å². The molecule has 0 spiro atoms. The number of amides is 5. The SMILES string of the molecule is Cc1nc(-c2ccc(C(C)(C)C)cc2)ncc1C(=O)NC(CN=C(N)N)C(=O)N(C)[C@@H]1C(=O)N[C@@H](C)C(=O)N[C@H](C(=O)NCC#N)Cc2ccc(OCCN)c(c2)-c2cc1ccc2OCCN. The third-order valence-corrected chi connectivity index (χ3v) is 10.8. The first-order valence-corrected chi connectivity index (χ1v) is 21.6. The number of aromatic nitrogens is 2. The number of fused-ring (bicyclic) bond motifs is 5. The summed E-state index contributed by atoms with van der Waals surface area (Å²) in [5, 5.41) is 19.7. The summed E-state index contributed by atoms with van der Waals surface area (Å²) >= 11 is 0. The number of nitrogens with zero attached hydrogens (tertiary/aromatic N) is 5. The fourth-order valence-corrected chi connectivity index (χ4v) is 7.27. The number of nitriles is 1. The van der Waals surface area contributed by atoms with Gasteiger partial charge in [0.2, 0.25) is 23.6 Å². The lowest BCUT2D eigenvalue weighted by molar-refractivity contribution is -0.141. The third-order valence-electron chi connectivity index (χ3n) is 10.8. The molecule has 1 aromatic heterocycles. The predicted molar refractivity (Wildman–Crippen MR) is 251 cm³/mol. The second-order valence-electron chi connectivity index (χ2n) is 16.9. The number of aliphatic imine (C=N–C) groups is 1. The number of likely N-dealkylation sites (N-methyl/N-ethyl adjacent to an activating group) is 1. The third kappa shape index (κ3) is 12.8. The largest absolute Gasteiger partial charge is 0.492 e. The van der Waals surface area contributed by atoms with Crippen LogP contribution < -0.4 is 53.7 Å². The Bertz CT molecular complexity index is 2530. The van der Waals surface area contributed by atoms with Gasteiger partial charge in [-0.15, -0.1) is 0 Å². The van der Waals surface area contributed by atoms with Crippen LogP contribution in [0.15, 0.2) is 71.9 Å². The second-order valence-corrected chi connectivity index (χ2v) is 16.9. The van der Waals surface area contributed by atoms with Gasteiger partial charge in [-0.1, -0.05) is 57.2 Å². The minimum Gasteiger partial charge on any atom is -0.492 e. The van der Waals surface area contributed by atoms with Crippen LogP contribution >= 0.6 is 0 Å². The number of aryl methyl sites for hydroxylation is 1. The molecule has 2 heterocycles. The van der Waals surface area contributed by atoms with Crippen molar-refractivity contribution in [3.8, 4) is 40.1 Å². The lowest BCUT2D eigenvalue weighted by Crippen LogP contribution is -2.56. The minimum absolute atomic E-state index is 0.0173. The first-order chi connectivity index (χ1) is 31.9. The van der Waals surface area contributed by atoms with Crippen molar-refractivity contribution in [2.45, 2.75) is 70.6 Å². The van der Waals surface area contributed by atoms with Gasteiger partial charge in [0.15, 0.2) is 11.8 Å². The number of carbonyl (C=O) groups excluding carboxylic acids is 5. The predicted octanol–water partition coefficient (Wildman–Crippen LogP) is 0.848. The van der Waals surface area contributed by atoms with Crippen LogP contribution in [-0.2, 0) is 31.0 Å². The molecule has 4 bridgehead atoms. The van der Waals surface area contributed by atoms with Gasteiger partial charge in [-0.05, 0) is 60.2 Å². The molecule has 0 aliphatic carbocycles. The fourth-order valence-electron chi connectivity index (χ4n) is 7.27. The number of ether oxygens (including phenoxy) is 2. The summed E-state index contributed by atoms with van der Waals surface area (Å²) in [6.07, 6.45) is 1.35. The average molecular weight is 918 g/mol. The summed E-state index contributed by atoms with van der Waals surface area (Å²) in [5.74, 6) is -2.93. The fraction of sp³-hybridized carbons (Fsp3) is 0.383. The van der Waals surface area contributed by atoms with E-state index in [1.165, 1.54) is 20.2 Å². The Morgan fingerprint density at radius 3 is 2.19 bits per heavy atom. The van der Waals surface area contributed by atoms with E-state index in [1.54, 1.807) is 43.3 Å². The van der Waals surface area contributed by atoms with E-state index >= 15 is 0 Å². The van der Waals surface area contributed by atoms with Crippen molar-refractivity contribution in [1.29, 1.82) is 5.26 Å². The summed E-state index contributed by atoms with van der Waals surface area (Å²) in [4.78, 5) is 84.7. The van der Waals surface area contributed by atoms with Gasteiger partial charge in [-0.2, -0.15) is 5.26 Å². The zero-order valence-corrected chi connectivity index (χ0v) is 38.5. The summed E-state index contributed by atoms with van der Waals surface area (Å²) in [5.41, 5.74) is 27.0. The van der Waals surface area contributed by atoms with E-state index in [-0.39, 0.29) is 61.8 Å². The Kier molecular flexibility index (Phi) is 16.9. The lowest BCUT2D eigenvalue weighted by Gasteiger charge is -2.32. The molecule has 1 aliphatic rings. The Balaban J connectivity index is 1.59. The van der Waals surface area contributed by atoms with E-state index in [1.807, 2.05) is 30.3 Å². The van der Waals surface area contributed by atoms with Gasteiger partial charge in [0.05, 0.1) is 23.9 Å². The molecule has 4 aromatic rings. The van der Waals surface area contributed by atoms with Gasteiger partial charge >= 0.3 is 0 Å². The van der Waals surface area contributed by atoms with E-state index in [9.17, 15) is 29.2 Å². The van der Waals surface area contributed by atoms with E-state index in [0.29, 0.717) is 39.7 Å². The molecule has 0 fully saturated rings. The quantitative estimate of drug-likeness (QED) is 0.0466. The summed E-state index contributed by atoms with van der Waals surface area (Å²) in [6, 6.07) is 14.3. The number of rotatable bonds is 15. The maximum absolute atomic E-state index is 14.8. The molecule has 0 saturated carbocycles. The van der Waals surface area contributed by atoms with Gasteiger partial charge in [0.1, 0.15) is 55.4 Å². The highest BCUT2D eigenvalue weighted by molar-refractivity contribution is 6.00. The van der Waals surface area contributed by atoms with Crippen LogP contribution in [0.5, 0.6) is 11.5 Å². The van der Waals surface area contributed by atoms with Crippen LogP contribution in [0.4, 0.5) is 0 Å². The van der Waals surface area contributed by atoms with Gasteiger partial charge in [0.25, 0.3) is 5.91 Å². The van der Waals surface area contributed by atoms with E-state index in [2.05, 4.69) is 57.0 Å². The van der Waals surface area contributed by atoms with Crippen LogP contribution in [0.3, 0.4) is 0 Å². The molecule has 4 atom stereocenters. The highest BCUT2D eigenvalue weighted by Crippen LogP contribution is 2.40. The van der Waals surface area contributed by atoms with Crippen LogP contribution in [0.25, 0.3) is 22.5 Å². The molecular weight excluding hydrogens is 859 g/mol. The van der Waals surface area contributed by atoms with Crippen LogP contribution in [0.1, 0.15) is 66.5 Å². The van der Waals surface area contributed by atoms with Gasteiger partial charge in [0, 0.05) is 49.4 Å². The first-order valence-electron chi connectivity index (χ1n) is 21.6. The van der Waals surface area contributed by atoms with E-state index < -0.39 is 60.2 Å². The van der Waals surface area contributed by atoms with Crippen LogP contribution in [-0.4, -0.2) is 115 Å². The van der Waals surface area contributed by atoms with Crippen molar-refractivity contribution in [3.05, 3.63) is 94.8 Å². The normalized spacial score (nSPS) is 16.4. The van der Waals surface area contributed by atoms with Crippen LogP contribution in [0, 0.1) is 18.3 Å². The van der Waals surface area contributed by atoms with Crippen molar-refractivity contribution in [2.75, 3.05) is 46.4 Å². The molecule has 1 aliphatic heterocycles. The van der Waals surface area contributed by atoms with Crippen molar-refractivity contribution < 1.29 is 33.4 Å². The maximum Gasteiger partial charge on any atom is 0.255 e. The topological polar surface area (TPSA) is 321 Å². The van der Waals surface area contributed by atoms with E-state index in [4.69, 9.17) is 32.4 Å². The molecule has 1 unspecified atom stereocenters. The number of hydrogen-bond donors (Lipinski definition) is 8. The summed E-state index contributed by atoms with van der Waals surface area (Å²) < 4.78 is 12.2. The molecule has 5 rings (SSSR count). The molecule has 20 nitrogen and oxygen atoms in total. The second kappa shape index (κ2) is 22.5. The minimum atomic E-state index is -1.48. The molecular formula is C47H59N13O7. The number of nitrogens with two attached hydrogens (primary N) is 4. The summed E-state index contributed by atoms with van der Waals surface area (Å²) in [7, 11) is 1.35. The molecule has 0 radical (unpaired) electrons. The van der Waals surface area contributed by atoms with Gasteiger partial charge in [-0.25, -0.2) is 9.97 Å². The number of carbonyl (C=O) groups is 5. The number of nitrogens with one attached hydrogen (secondary N) is 4. The van der Waals surface area contributed by atoms with Gasteiger partial charge in [-0.3, -0.25) is 29.0 Å². The zero-order valence-electron chi connectivity index (χ0n) is 38.5. The highest BCUT2D eigenvalue weighted by atomic mass is 16.5. The molecule has 20 heteroatoms. The Morgan fingerprint density at radius 1 is 0.955 bits per heavy atom. The van der Waals surface area contributed by atoms with Crippen molar-refractivity contribution in [2.24, 2.45) is 27.9 Å². The maximum atomic E-state index is 14.8. The Morgan fingerprint density at radius 2 is 1.60 bits per heavy atom. The number of guanidine groups is 1. The number of benzene rings is 3. The smallest absolute Gasteiger partial charge is 0.255 e. The summed E-state index contributed by atoms with van der Waals surface area (Å²) in [6.45, 7) is 9.23. The monoisotopic (exact) mass is 917 g/mol. The molecule has 354 valence electrons. The lowest BCUT2D eigenvalue weighted by atomic mass is 9.87.